The van der Waals surface area contributed by atoms with Crippen LogP contribution in [0.15, 0.2) is 35.8 Å². The molecule has 0 saturated heterocycles. The lowest BCUT2D eigenvalue weighted by molar-refractivity contribution is 0.405. The van der Waals surface area contributed by atoms with E-state index in [1.54, 1.807) is 11.3 Å². The molecule has 0 aliphatic rings. The summed E-state index contributed by atoms with van der Waals surface area (Å²) in [6.45, 7) is 9.77. The minimum Gasteiger partial charge on any atom is -0.311 e. The summed E-state index contributed by atoms with van der Waals surface area (Å²) in [5.41, 5.74) is 2.87. The predicted molar refractivity (Wildman–Crippen MR) is 87.5 cm³/mol. The van der Waals surface area contributed by atoms with Crippen molar-refractivity contribution in [2.45, 2.75) is 45.6 Å². The van der Waals surface area contributed by atoms with Gasteiger partial charge in [0.25, 0.3) is 0 Å². The Labute approximate surface area is 126 Å². The van der Waals surface area contributed by atoms with Crippen molar-refractivity contribution >= 4 is 11.3 Å². The lowest BCUT2D eigenvalue weighted by atomic mass is 9.93. The molecule has 1 aromatic carbocycles. The van der Waals surface area contributed by atoms with Crippen molar-refractivity contribution in [1.29, 1.82) is 0 Å². The lowest BCUT2D eigenvalue weighted by Crippen LogP contribution is -2.39. The van der Waals surface area contributed by atoms with Crippen LogP contribution >= 0.6 is 11.3 Å². The van der Waals surface area contributed by atoms with Gasteiger partial charge in [-0.1, -0.05) is 29.8 Å². The lowest BCUT2D eigenvalue weighted by Gasteiger charge is -2.25. The van der Waals surface area contributed by atoms with Gasteiger partial charge in [0.15, 0.2) is 0 Å². The number of benzene rings is 1. The number of aryl methyl sites for hydroxylation is 1. The topological polar surface area (TPSA) is 24.9 Å². The Morgan fingerprint density at radius 1 is 1.30 bits per heavy atom. The number of hydrogen-bond acceptors (Lipinski definition) is 3. The third kappa shape index (κ3) is 4.73. The summed E-state index contributed by atoms with van der Waals surface area (Å²) in [4.78, 5) is 4.44. The first-order valence-corrected chi connectivity index (χ1v) is 8.02. The first-order chi connectivity index (χ1) is 9.44. The zero-order valence-electron chi connectivity index (χ0n) is 12.8. The van der Waals surface area contributed by atoms with Gasteiger partial charge >= 0.3 is 0 Å². The summed E-state index contributed by atoms with van der Waals surface area (Å²) >= 11 is 1.74. The second-order valence-corrected chi connectivity index (χ2v) is 7.35. The number of rotatable bonds is 5. The standard InChI is InChI=1S/C17H24N2S/c1-13-6-5-7-14(10-13)15(12-19-17(2,3)4)11-16-18-8-9-20-16/h5-10,15,19H,11-12H2,1-4H3. The number of nitrogens with zero attached hydrogens (tertiary/aromatic N) is 1. The van der Waals surface area contributed by atoms with E-state index < -0.39 is 0 Å². The van der Waals surface area contributed by atoms with Crippen molar-refractivity contribution in [2.75, 3.05) is 6.54 Å². The Morgan fingerprint density at radius 2 is 2.10 bits per heavy atom. The molecule has 0 fully saturated rings. The molecule has 0 spiro atoms. The van der Waals surface area contributed by atoms with Gasteiger partial charge in [-0.2, -0.15) is 0 Å². The van der Waals surface area contributed by atoms with Crippen LogP contribution in [-0.2, 0) is 6.42 Å². The van der Waals surface area contributed by atoms with Crippen molar-refractivity contribution in [1.82, 2.24) is 10.3 Å². The van der Waals surface area contributed by atoms with Crippen LogP contribution in [0.25, 0.3) is 0 Å². The van der Waals surface area contributed by atoms with Gasteiger partial charge in [-0.05, 0) is 33.3 Å². The van der Waals surface area contributed by atoms with E-state index in [1.165, 1.54) is 16.1 Å². The molecule has 1 unspecified atom stereocenters. The molecule has 3 heteroatoms. The predicted octanol–water partition coefficient (Wildman–Crippen LogP) is 4.17. The van der Waals surface area contributed by atoms with E-state index in [0.29, 0.717) is 5.92 Å². The quantitative estimate of drug-likeness (QED) is 0.893. The van der Waals surface area contributed by atoms with Crippen LogP contribution in [0.5, 0.6) is 0 Å². The number of nitrogens with one attached hydrogen (secondary N) is 1. The summed E-state index contributed by atoms with van der Waals surface area (Å²) < 4.78 is 0. The van der Waals surface area contributed by atoms with Crippen LogP contribution in [0.4, 0.5) is 0 Å². The molecule has 0 aliphatic carbocycles. The van der Waals surface area contributed by atoms with E-state index >= 15 is 0 Å². The monoisotopic (exact) mass is 288 g/mol. The van der Waals surface area contributed by atoms with Crippen LogP contribution in [0.3, 0.4) is 0 Å². The van der Waals surface area contributed by atoms with E-state index in [4.69, 9.17) is 0 Å². The third-order valence-corrected chi connectivity index (χ3v) is 4.10. The highest BCUT2D eigenvalue weighted by molar-refractivity contribution is 7.09. The average molecular weight is 288 g/mol. The van der Waals surface area contributed by atoms with Gasteiger partial charge in [-0.15, -0.1) is 11.3 Å². The van der Waals surface area contributed by atoms with Crippen molar-refractivity contribution in [3.8, 4) is 0 Å². The Balaban J connectivity index is 2.15. The Bertz CT molecular complexity index is 526. The summed E-state index contributed by atoms with van der Waals surface area (Å²) in [5, 5.41) is 6.90. The van der Waals surface area contributed by atoms with Gasteiger partial charge in [-0.3, -0.25) is 0 Å². The van der Waals surface area contributed by atoms with E-state index in [2.05, 4.69) is 67.6 Å². The van der Waals surface area contributed by atoms with Crippen LogP contribution in [0.2, 0.25) is 0 Å². The van der Waals surface area contributed by atoms with E-state index in [0.717, 1.165) is 13.0 Å². The fourth-order valence-electron chi connectivity index (χ4n) is 2.23. The maximum atomic E-state index is 4.44. The van der Waals surface area contributed by atoms with Crippen molar-refractivity contribution in [3.63, 3.8) is 0 Å². The summed E-state index contributed by atoms with van der Waals surface area (Å²) in [7, 11) is 0. The van der Waals surface area contributed by atoms with Crippen LogP contribution in [0.1, 0.15) is 42.8 Å². The van der Waals surface area contributed by atoms with Crippen molar-refractivity contribution in [2.24, 2.45) is 0 Å². The molecular formula is C17H24N2S. The average Bonchev–Trinajstić information content (AvgIpc) is 2.86. The van der Waals surface area contributed by atoms with Gasteiger partial charge in [-0.25, -0.2) is 4.98 Å². The fraction of sp³-hybridized carbons (Fsp3) is 0.471. The van der Waals surface area contributed by atoms with Gasteiger partial charge in [0.05, 0.1) is 5.01 Å². The number of hydrogen-bond donors (Lipinski definition) is 1. The highest BCUT2D eigenvalue weighted by atomic mass is 32.1. The van der Waals surface area contributed by atoms with Crippen molar-refractivity contribution in [3.05, 3.63) is 52.0 Å². The molecule has 0 bridgehead atoms. The summed E-state index contributed by atoms with van der Waals surface area (Å²) in [5.74, 6) is 0.472. The van der Waals surface area contributed by atoms with Gasteiger partial charge in [0.1, 0.15) is 0 Å². The Kier molecular flexibility index (Phi) is 4.95. The molecule has 1 aromatic heterocycles. The van der Waals surface area contributed by atoms with Crippen LogP contribution in [-0.4, -0.2) is 17.1 Å². The maximum absolute atomic E-state index is 4.44. The molecule has 2 nitrogen and oxygen atoms in total. The summed E-state index contributed by atoms with van der Waals surface area (Å²) in [6.07, 6.45) is 2.90. The minimum atomic E-state index is 0.144. The van der Waals surface area contributed by atoms with Crippen LogP contribution < -0.4 is 5.32 Å². The van der Waals surface area contributed by atoms with E-state index in [9.17, 15) is 0 Å². The van der Waals surface area contributed by atoms with Crippen molar-refractivity contribution < 1.29 is 0 Å². The summed E-state index contributed by atoms with van der Waals surface area (Å²) in [6, 6.07) is 8.83. The van der Waals surface area contributed by atoms with Crippen LogP contribution in [0, 0.1) is 6.92 Å². The molecule has 108 valence electrons. The second kappa shape index (κ2) is 6.51. The molecule has 0 aliphatic heterocycles. The molecule has 2 aromatic rings. The number of thiazole rings is 1. The van der Waals surface area contributed by atoms with Gasteiger partial charge in [0, 0.05) is 36.0 Å². The zero-order chi connectivity index (χ0) is 14.6. The first-order valence-electron chi connectivity index (χ1n) is 7.14. The molecular weight excluding hydrogens is 264 g/mol. The highest BCUT2D eigenvalue weighted by Crippen LogP contribution is 2.23. The molecule has 0 saturated carbocycles. The fourth-order valence-corrected chi connectivity index (χ4v) is 2.92. The number of aromatic nitrogens is 1. The SMILES string of the molecule is Cc1cccc(C(CNC(C)(C)C)Cc2nccs2)c1. The first kappa shape index (κ1) is 15.2. The van der Waals surface area contributed by atoms with Gasteiger partial charge in [0.2, 0.25) is 0 Å². The zero-order valence-corrected chi connectivity index (χ0v) is 13.6. The molecule has 1 atom stereocenters. The van der Waals surface area contributed by atoms with E-state index in [-0.39, 0.29) is 5.54 Å². The Morgan fingerprint density at radius 3 is 2.70 bits per heavy atom. The Hall–Kier alpha value is -1.19. The smallest absolute Gasteiger partial charge is 0.0931 e. The highest BCUT2D eigenvalue weighted by Gasteiger charge is 2.17. The van der Waals surface area contributed by atoms with E-state index in [1.807, 2.05) is 6.20 Å². The molecule has 2 rings (SSSR count). The molecule has 0 radical (unpaired) electrons. The normalized spacial score (nSPS) is 13.4. The molecule has 20 heavy (non-hydrogen) atoms. The largest absolute Gasteiger partial charge is 0.311 e. The van der Waals surface area contributed by atoms with Gasteiger partial charge < -0.3 is 5.32 Å². The molecule has 0 amide bonds. The molecule has 1 heterocycles. The third-order valence-electron chi connectivity index (χ3n) is 3.30. The second-order valence-electron chi connectivity index (χ2n) is 6.37. The molecule has 1 N–H and O–H groups in total. The maximum Gasteiger partial charge on any atom is 0.0931 e. The minimum absolute atomic E-state index is 0.144.